The van der Waals surface area contributed by atoms with Crippen LogP contribution in [0.5, 0.6) is 0 Å². The molecule has 1 aromatic rings. The van der Waals surface area contributed by atoms with E-state index >= 15 is 0 Å². The third-order valence-corrected chi connectivity index (χ3v) is 4.76. The quantitative estimate of drug-likeness (QED) is 0.907. The molecule has 0 spiro atoms. The second-order valence-electron chi connectivity index (χ2n) is 6.43. The summed E-state index contributed by atoms with van der Waals surface area (Å²) in [4.78, 5) is 18.9. The van der Waals surface area contributed by atoms with Gasteiger partial charge in [0.2, 0.25) is 11.8 Å². The van der Waals surface area contributed by atoms with Crippen molar-refractivity contribution in [1.29, 1.82) is 0 Å². The normalized spacial score (nSPS) is 29.8. The third-order valence-electron chi connectivity index (χ3n) is 4.76. The molecule has 1 aliphatic heterocycles. The highest BCUT2D eigenvalue weighted by Crippen LogP contribution is 2.28. The summed E-state index contributed by atoms with van der Waals surface area (Å²) in [6, 6.07) is 0.0535. The lowest BCUT2D eigenvalue weighted by atomic mass is 9.92. The predicted octanol–water partition coefficient (Wildman–Crippen LogP) is 1.29. The summed E-state index contributed by atoms with van der Waals surface area (Å²) in [7, 11) is 0. The van der Waals surface area contributed by atoms with E-state index in [1.807, 2.05) is 4.90 Å². The van der Waals surface area contributed by atoms with Gasteiger partial charge in [0.25, 0.3) is 0 Å². The molecular formula is C15H24N4O2. The van der Waals surface area contributed by atoms with Crippen LogP contribution >= 0.6 is 0 Å². The van der Waals surface area contributed by atoms with Crippen molar-refractivity contribution in [1.82, 2.24) is 15.0 Å². The first-order valence-electron chi connectivity index (χ1n) is 7.97. The minimum Gasteiger partial charge on any atom is -0.342 e. The van der Waals surface area contributed by atoms with Gasteiger partial charge in [-0.2, -0.15) is 4.98 Å². The molecule has 2 fully saturated rings. The predicted molar refractivity (Wildman–Crippen MR) is 77.4 cm³/mol. The number of likely N-dealkylation sites (tertiary alicyclic amines) is 1. The lowest BCUT2D eigenvalue weighted by Crippen LogP contribution is -2.46. The molecule has 2 N–H and O–H groups in total. The van der Waals surface area contributed by atoms with Crippen LogP contribution in [0.1, 0.15) is 43.8 Å². The molecule has 1 aromatic heterocycles. The zero-order valence-electron chi connectivity index (χ0n) is 12.6. The second kappa shape index (κ2) is 6.13. The Balaban J connectivity index is 1.58. The fourth-order valence-electron chi connectivity index (χ4n) is 3.64. The van der Waals surface area contributed by atoms with Crippen LogP contribution in [0.15, 0.2) is 4.52 Å². The molecule has 1 saturated carbocycles. The maximum Gasteiger partial charge on any atom is 0.227 e. The van der Waals surface area contributed by atoms with Crippen molar-refractivity contribution in [2.24, 2.45) is 17.6 Å². The molecule has 0 unspecified atom stereocenters. The standard InChI is InChI=1S/C15H24N4O2/c1-10-17-14(18-21-10)8-11-4-3-7-19(9-11)15(20)12-5-2-6-13(12)16/h11-13H,2-9,16H2,1H3/t11-,12-,13+/m0/s1. The average Bonchev–Trinajstić information content (AvgIpc) is 3.07. The summed E-state index contributed by atoms with van der Waals surface area (Å²) in [5.41, 5.74) is 6.07. The first-order valence-corrected chi connectivity index (χ1v) is 7.97. The van der Waals surface area contributed by atoms with Crippen LogP contribution in [0.25, 0.3) is 0 Å². The molecule has 116 valence electrons. The van der Waals surface area contributed by atoms with Gasteiger partial charge in [-0.05, 0) is 31.6 Å². The largest absolute Gasteiger partial charge is 0.342 e. The van der Waals surface area contributed by atoms with E-state index in [4.69, 9.17) is 10.3 Å². The summed E-state index contributed by atoms with van der Waals surface area (Å²) >= 11 is 0. The number of amides is 1. The van der Waals surface area contributed by atoms with E-state index < -0.39 is 0 Å². The third kappa shape index (κ3) is 3.26. The first-order chi connectivity index (χ1) is 10.1. The highest BCUT2D eigenvalue weighted by atomic mass is 16.5. The van der Waals surface area contributed by atoms with Gasteiger partial charge in [-0.15, -0.1) is 0 Å². The van der Waals surface area contributed by atoms with E-state index in [2.05, 4.69) is 10.1 Å². The molecule has 3 atom stereocenters. The highest BCUT2D eigenvalue weighted by Gasteiger charge is 2.35. The Morgan fingerprint density at radius 2 is 2.24 bits per heavy atom. The van der Waals surface area contributed by atoms with Gasteiger partial charge in [-0.3, -0.25) is 4.79 Å². The van der Waals surface area contributed by atoms with Crippen LogP contribution in [0, 0.1) is 18.8 Å². The summed E-state index contributed by atoms with van der Waals surface area (Å²) in [5, 5.41) is 3.96. The number of nitrogens with two attached hydrogens (primary N) is 1. The number of carbonyl (C=O) groups excluding carboxylic acids is 1. The van der Waals surface area contributed by atoms with Gasteiger partial charge in [-0.25, -0.2) is 0 Å². The van der Waals surface area contributed by atoms with Crippen LogP contribution < -0.4 is 5.73 Å². The van der Waals surface area contributed by atoms with Crippen LogP contribution in [0.4, 0.5) is 0 Å². The smallest absolute Gasteiger partial charge is 0.227 e. The maximum absolute atomic E-state index is 12.6. The number of hydrogen-bond acceptors (Lipinski definition) is 5. The van der Waals surface area contributed by atoms with Gasteiger partial charge in [0.1, 0.15) is 0 Å². The molecule has 1 amide bonds. The van der Waals surface area contributed by atoms with E-state index in [-0.39, 0.29) is 17.9 Å². The van der Waals surface area contributed by atoms with E-state index in [9.17, 15) is 4.79 Å². The topological polar surface area (TPSA) is 85.2 Å². The number of rotatable bonds is 3. The molecule has 3 rings (SSSR count). The first kappa shape index (κ1) is 14.5. The van der Waals surface area contributed by atoms with Gasteiger partial charge < -0.3 is 15.2 Å². The molecule has 6 heteroatoms. The van der Waals surface area contributed by atoms with Crippen molar-refractivity contribution >= 4 is 5.91 Å². The Kier molecular flexibility index (Phi) is 4.24. The van der Waals surface area contributed by atoms with Crippen LogP contribution in [0.3, 0.4) is 0 Å². The summed E-state index contributed by atoms with van der Waals surface area (Å²) in [5.74, 6) is 2.08. The fourth-order valence-corrected chi connectivity index (χ4v) is 3.64. The van der Waals surface area contributed by atoms with E-state index in [1.165, 1.54) is 0 Å². The van der Waals surface area contributed by atoms with E-state index in [1.54, 1.807) is 6.92 Å². The Morgan fingerprint density at radius 1 is 1.38 bits per heavy atom. The van der Waals surface area contributed by atoms with Crippen molar-refractivity contribution < 1.29 is 9.32 Å². The van der Waals surface area contributed by atoms with Crippen molar-refractivity contribution in [3.8, 4) is 0 Å². The Hall–Kier alpha value is -1.43. The number of nitrogens with zero attached hydrogens (tertiary/aromatic N) is 3. The lowest BCUT2D eigenvalue weighted by Gasteiger charge is -2.34. The van der Waals surface area contributed by atoms with Crippen molar-refractivity contribution in [2.45, 2.75) is 51.5 Å². The number of aromatic nitrogens is 2. The summed E-state index contributed by atoms with van der Waals surface area (Å²) < 4.78 is 5.02. The maximum atomic E-state index is 12.6. The Bertz CT molecular complexity index is 502. The molecule has 2 heterocycles. The van der Waals surface area contributed by atoms with Gasteiger partial charge >= 0.3 is 0 Å². The molecule has 6 nitrogen and oxygen atoms in total. The molecular weight excluding hydrogens is 268 g/mol. The van der Waals surface area contributed by atoms with Crippen molar-refractivity contribution in [2.75, 3.05) is 13.1 Å². The van der Waals surface area contributed by atoms with Crippen LogP contribution in [-0.2, 0) is 11.2 Å². The number of aryl methyl sites for hydroxylation is 1. The van der Waals surface area contributed by atoms with Gasteiger partial charge in [0.05, 0.1) is 5.92 Å². The number of carbonyl (C=O) groups is 1. The van der Waals surface area contributed by atoms with Gasteiger partial charge in [0, 0.05) is 32.5 Å². The molecule has 0 aromatic carbocycles. The van der Waals surface area contributed by atoms with Gasteiger partial charge in [-0.1, -0.05) is 11.6 Å². The Labute approximate surface area is 125 Å². The second-order valence-corrected chi connectivity index (χ2v) is 6.43. The zero-order valence-corrected chi connectivity index (χ0v) is 12.6. The molecule has 0 bridgehead atoms. The molecule has 21 heavy (non-hydrogen) atoms. The van der Waals surface area contributed by atoms with Gasteiger partial charge in [0.15, 0.2) is 5.82 Å². The van der Waals surface area contributed by atoms with Crippen LogP contribution in [-0.4, -0.2) is 40.1 Å². The molecule has 1 saturated heterocycles. The van der Waals surface area contributed by atoms with E-state index in [0.717, 1.165) is 57.4 Å². The van der Waals surface area contributed by atoms with Crippen molar-refractivity contribution in [3.63, 3.8) is 0 Å². The highest BCUT2D eigenvalue weighted by molar-refractivity contribution is 5.80. The lowest BCUT2D eigenvalue weighted by molar-refractivity contribution is -0.137. The average molecular weight is 292 g/mol. The number of piperidine rings is 1. The molecule has 1 aliphatic carbocycles. The fraction of sp³-hybridized carbons (Fsp3) is 0.800. The number of hydrogen-bond donors (Lipinski definition) is 1. The van der Waals surface area contributed by atoms with Crippen LogP contribution in [0.2, 0.25) is 0 Å². The Morgan fingerprint density at radius 3 is 2.90 bits per heavy atom. The monoisotopic (exact) mass is 292 g/mol. The SMILES string of the molecule is Cc1nc(C[C@@H]2CCCN(C(=O)[C@H]3CCC[C@H]3N)C2)no1. The molecule has 0 radical (unpaired) electrons. The molecule has 2 aliphatic rings. The summed E-state index contributed by atoms with van der Waals surface area (Å²) in [6.07, 6.45) is 5.97. The summed E-state index contributed by atoms with van der Waals surface area (Å²) in [6.45, 7) is 3.47. The van der Waals surface area contributed by atoms with E-state index in [0.29, 0.717) is 11.8 Å². The van der Waals surface area contributed by atoms with Crippen molar-refractivity contribution in [3.05, 3.63) is 11.7 Å². The minimum atomic E-state index is 0.0381. The minimum absolute atomic E-state index is 0.0381. The zero-order chi connectivity index (χ0) is 14.8.